The number of nitrogens with zero attached hydrogens (tertiary/aromatic N) is 4. The Morgan fingerprint density at radius 3 is 2.84 bits per heavy atom. The van der Waals surface area contributed by atoms with Gasteiger partial charge in [0.1, 0.15) is 11.1 Å². The molecule has 2 aromatic heterocycles. The average molecular weight is 465 g/mol. The van der Waals surface area contributed by atoms with Gasteiger partial charge in [0.2, 0.25) is 0 Å². The fraction of sp³-hybridized carbons (Fsp3) is 0.476. The SMILES string of the molecule is C[C@H]1CN(C(=O)OC(C)(C)C)CCN1c1nc2cc(Cl)cc(-c3ncsc3CO)c2o1. The van der Waals surface area contributed by atoms with E-state index in [9.17, 15) is 9.90 Å². The molecule has 0 radical (unpaired) electrons. The molecule has 166 valence electrons. The van der Waals surface area contributed by atoms with Crippen molar-refractivity contribution in [2.24, 2.45) is 0 Å². The normalized spacial score (nSPS) is 17.4. The number of anilines is 1. The van der Waals surface area contributed by atoms with Crippen molar-refractivity contribution in [3.63, 3.8) is 0 Å². The highest BCUT2D eigenvalue weighted by Gasteiger charge is 2.32. The summed E-state index contributed by atoms with van der Waals surface area (Å²) in [6.45, 7) is 9.05. The van der Waals surface area contributed by atoms with Gasteiger partial charge in [-0.05, 0) is 39.8 Å². The van der Waals surface area contributed by atoms with Gasteiger partial charge in [-0.2, -0.15) is 4.98 Å². The molecule has 1 aromatic carbocycles. The van der Waals surface area contributed by atoms with E-state index in [0.717, 1.165) is 4.88 Å². The number of aliphatic hydroxyl groups is 1. The summed E-state index contributed by atoms with van der Waals surface area (Å²) < 4.78 is 11.7. The fourth-order valence-electron chi connectivity index (χ4n) is 3.62. The van der Waals surface area contributed by atoms with Crippen molar-refractivity contribution in [1.29, 1.82) is 0 Å². The average Bonchev–Trinajstić information content (AvgIpc) is 3.32. The number of ether oxygens (including phenoxy) is 1. The molecule has 0 unspecified atom stereocenters. The van der Waals surface area contributed by atoms with Gasteiger partial charge in [-0.1, -0.05) is 11.6 Å². The van der Waals surface area contributed by atoms with Crippen LogP contribution in [0.2, 0.25) is 5.02 Å². The first-order valence-corrected chi connectivity index (χ1v) is 11.3. The van der Waals surface area contributed by atoms with Gasteiger partial charge in [0.15, 0.2) is 5.58 Å². The predicted molar refractivity (Wildman–Crippen MR) is 121 cm³/mol. The molecule has 3 heterocycles. The van der Waals surface area contributed by atoms with Crippen LogP contribution in [0.4, 0.5) is 10.8 Å². The van der Waals surface area contributed by atoms with Gasteiger partial charge in [0, 0.05) is 36.3 Å². The molecule has 1 fully saturated rings. The minimum absolute atomic E-state index is 0.0134. The number of halogens is 1. The van der Waals surface area contributed by atoms with Crippen LogP contribution in [0.5, 0.6) is 0 Å². The molecule has 1 amide bonds. The number of rotatable bonds is 3. The van der Waals surface area contributed by atoms with Crippen molar-refractivity contribution in [1.82, 2.24) is 14.9 Å². The minimum Gasteiger partial charge on any atom is -0.444 e. The van der Waals surface area contributed by atoms with Crippen LogP contribution in [0.1, 0.15) is 32.6 Å². The molecule has 10 heteroatoms. The number of aromatic nitrogens is 2. The van der Waals surface area contributed by atoms with Crippen LogP contribution in [0.15, 0.2) is 22.1 Å². The summed E-state index contributed by atoms with van der Waals surface area (Å²) in [5.74, 6) is 0. The number of aliphatic hydroxyl groups excluding tert-OH is 1. The number of carbonyl (C=O) groups is 1. The molecule has 8 nitrogen and oxygen atoms in total. The molecule has 31 heavy (non-hydrogen) atoms. The number of piperazine rings is 1. The number of hydrogen-bond acceptors (Lipinski definition) is 8. The highest BCUT2D eigenvalue weighted by Crippen LogP contribution is 2.37. The first-order chi connectivity index (χ1) is 14.7. The van der Waals surface area contributed by atoms with Crippen molar-refractivity contribution in [2.45, 2.75) is 45.9 Å². The van der Waals surface area contributed by atoms with Crippen LogP contribution >= 0.6 is 22.9 Å². The zero-order valence-corrected chi connectivity index (χ0v) is 19.5. The minimum atomic E-state index is -0.531. The van der Waals surface area contributed by atoms with E-state index in [-0.39, 0.29) is 18.7 Å². The molecule has 0 bridgehead atoms. The number of fused-ring (bicyclic) bond motifs is 1. The third-order valence-corrected chi connectivity index (χ3v) is 6.04. The van der Waals surface area contributed by atoms with Gasteiger partial charge in [-0.15, -0.1) is 11.3 Å². The van der Waals surface area contributed by atoms with Gasteiger partial charge in [-0.3, -0.25) is 0 Å². The summed E-state index contributed by atoms with van der Waals surface area (Å²) in [6, 6.07) is 3.98. The van der Waals surface area contributed by atoms with Crippen LogP contribution in [0, 0.1) is 0 Å². The van der Waals surface area contributed by atoms with Crippen LogP contribution < -0.4 is 4.90 Å². The molecular weight excluding hydrogens is 440 g/mol. The van der Waals surface area contributed by atoms with Crippen LogP contribution in [-0.4, -0.2) is 57.3 Å². The van der Waals surface area contributed by atoms with Gasteiger partial charge in [0.05, 0.1) is 22.7 Å². The molecule has 0 saturated carbocycles. The monoisotopic (exact) mass is 464 g/mol. The van der Waals surface area contributed by atoms with E-state index in [0.29, 0.717) is 53.0 Å². The Bertz CT molecular complexity index is 1110. The Morgan fingerprint density at radius 1 is 1.39 bits per heavy atom. The first-order valence-electron chi connectivity index (χ1n) is 10.0. The zero-order valence-electron chi connectivity index (χ0n) is 17.9. The van der Waals surface area contributed by atoms with Crippen LogP contribution in [0.25, 0.3) is 22.4 Å². The lowest BCUT2D eigenvalue weighted by molar-refractivity contribution is 0.0216. The lowest BCUT2D eigenvalue weighted by Crippen LogP contribution is -2.54. The van der Waals surface area contributed by atoms with E-state index < -0.39 is 5.60 Å². The first kappa shape index (κ1) is 21.9. The van der Waals surface area contributed by atoms with Gasteiger partial charge in [0.25, 0.3) is 6.01 Å². The molecule has 3 aromatic rings. The van der Waals surface area contributed by atoms with Crippen LogP contribution in [0.3, 0.4) is 0 Å². The summed E-state index contributed by atoms with van der Waals surface area (Å²) in [7, 11) is 0. The molecule has 1 N–H and O–H groups in total. The summed E-state index contributed by atoms with van der Waals surface area (Å²) in [4.78, 5) is 25.9. The second-order valence-corrected chi connectivity index (χ2v) is 9.92. The lowest BCUT2D eigenvalue weighted by Gasteiger charge is -2.39. The quantitative estimate of drug-likeness (QED) is 0.608. The lowest BCUT2D eigenvalue weighted by atomic mass is 10.1. The molecule has 1 aliphatic rings. The molecule has 1 aliphatic heterocycles. The highest BCUT2D eigenvalue weighted by atomic mass is 35.5. The Hall–Kier alpha value is -2.36. The molecule has 1 saturated heterocycles. The second-order valence-electron chi connectivity index (χ2n) is 8.55. The van der Waals surface area contributed by atoms with Crippen molar-refractivity contribution >= 4 is 46.1 Å². The Balaban J connectivity index is 1.61. The van der Waals surface area contributed by atoms with Crippen molar-refractivity contribution in [2.75, 3.05) is 24.5 Å². The van der Waals surface area contributed by atoms with E-state index in [1.54, 1.807) is 22.5 Å². The number of thiazole rings is 1. The summed E-state index contributed by atoms with van der Waals surface area (Å²) in [5.41, 5.74) is 3.69. The molecule has 0 spiro atoms. The maximum atomic E-state index is 12.4. The Kier molecular flexibility index (Phi) is 5.85. The zero-order chi connectivity index (χ0) is 22.3. The van der Waals surface area contributed by atoms with E-state index in [1.165, 1.54) is 11.3 Å². The van der Waals surface area contributed by atoms with Crippen LogP contribution in [-0.2, 0) is 11.3 Å². The third kappa shape index (κ3) is 4.49. The predicted octanol–water partition coefficient (Wildman–Crippen LogP) is 4.54. The number of amides is 1. The highest BCUT2D eigenvalue weighted by molar-refractivity contribution is 7.10. The van der Waals surface area contributed by atoms with E-state index in [1.807, 2.05) is 32.6 Å². The number of oxazole rings is 1. The van der Waals surface area contributed by atoms with Gasteiger partial charge < -0.3 is 24.1 Å². The Labute approximate surface area is 189 Å². The molecule has 0 aliphatic carbocycles. The topological polar surface area (TPSA) is 91.9 Å². The largest absolute Gasteiger partial charge is 0.444 e. The number of carbonyl (C=O) groups excluding carboxylic acids is 1. The standard InChI is InChI=1S/C21H25ClN4O4S/c1-12-9-25(20(28)30-21(2,3)4)5-6-26(12)19-24-15-8-13(22)7-14(18(15)29-19)17-16(10-27)31-11-23-17/h7-8,11-12,27H,5-6,9-10H2,1-4H3/t12-/m0/s1. The van der Waals surface area contributed by atoms with E-state index in [4.69, 9.17) is 20.8 Å². The molecule has 4 rings (SSSR count). The third-order valence-electron chi connectivity index (χ3n) is 5.01. The van der Waals surface area contributed by atoms with E-state index >= 15 is 0 Å². The van der Waals surface area contributed by atoms with Gasteiger partial charge in [-0.25, -0.2) is 9.78 Å². The molecular formula is C21H25ClN4O4S. The Morgan fingerprint density at radius 2 is 2.16 bits per heavy atom. The van der Waals surface area contributed by atoms with E-state index in [2.05, 4.69) is 9.97 Å². The second kappa shape index (κ2) is 8.29. The fourth-order valence-corrected chi connectivity index (χ4v) is 4.47. The molecule has 1 atom stereocenters. The van der Waals surface area contributed by atoms with Crippen molar-refractivity contribution < 1.29 is 19.1 Å². The summed E-state index contributed by atoms with van der Waals surface area (Å²) in [6.07, 6.45) is -0.314. The number of benzene rings is 1. The van der Waals surface area contributed by atoms with Crippen molar-refractivity contribution in [3.05, 3.63) is 27.5 Å². The summed E-state index contributed by atoms with van der Waals surface area (Å²) >= 11 is 7.70. The maximum absolute atomic E-state index is 12.4. The van der Waals surface area contributed by atoms with Crippen molar-refractivity contribution in [3.8, 4) is 11.3 Å². The summed E-state index contributed by atoms with van der Waals surface area (Å²) in [5, 5.41) is 10.2. The number of hydrogen-bond donors (Lipinski definition) is 1. The van der Waals surface area contributed by atoms with Gasteiger partial charge >= 0.3 is 6.09 Å². The smallest absolute Gasteiger partial charge is 0.410 e. The maximum Gasteiger partial charge on any atom is 0.410 e.